The lowest BCUT2D eigenvalue weighted by molar-refractivity contribution is 0.248. The first kappa shape index (κ1) is 7.95. The Morgan fingerprint density at radius 2 is 2.09 bits per heavy atom. The second kappa shape index (κ2) is 4.63. The van der Waals surface area contributed by atoms with Gasteiger partial charge in [0.1, 0.15) is 0 Å². The minimum absolute atomic E-state index is 0.564. The summed E-state index contributed by atoms with van der Waals surface area (Å²) in [4.78, 5) is 4.15. The van der Waals surface area contributed by atoms with E-state index >= 15 is 0 Å². The van der Waals surface area contributed by atoms with Gasteiger partial charge in [-0.15, -0.1) is 0 Å². The van der Waals surface area contributed by atoms with Crippen molar-refractivity contribution in [3.63, 3.8) is 0 Å². The predicted octanol–water partition coefficient (Wildman–Crippen LogP) is 2.04. The van der Waals surface area contributed by atoms with Crippen LogP contribution >= 0.6 is 0 Å². The van der Waals surface area contributed by atoms with Crippen molar-refractivity contribution in [1.82, 2.24) is 0 Å². The molecule has 0 radical (unpaired) electrons. The van der Waals surface area contributed by atoms with Gasteiger partial charge >= 0.3 is 0 Å². The van der Waals surface area contributed by atoms with Crippen molar-refractivity contribution in [2.75, 3.05) is 13.7 Å². The molecule has 2 nitrogen and oxygen atoms in total. The van der Waals surface area contributed by atoms with Gasteiger partial charge in [0.2, 0.25) is 0 Å². The molecule has 1 rings (SSSR count). The van der Waals surface area contributed by atoms with Crippen LogP contribution in [0.3, 0.4) is 0 Å². The van der Waals surface area contributed by atoms with Crippen molar-refractivity contribution in [3.8, 4) is 0 Å². The van der Waals surface area contributed by atoms with E-state index in [1.54, 1.807) is 13.3 Å². The number of ether oxygens (including phenoxy) is 1. The maximum absolute atomic E-state index is 4.81. The molecule has 0 amide bonds. The molecule has 0 heterocycles. The van der Waals surface area contributed by atoms with Crippen LogP contribution in [-0.2, 0) is 4.74 Å². The average Bonchev–Trinajstić information content (AvgIpc) is 2.07. The Morgan fingerprint density at radius 3 is 2.73 bits per heavy atom. The molecule has 0 bridgehead atoms. The molecule has 58 valence electrons. The van der Waals surface area contributed by atoms with Gasteiger partial charge in [-0.05, 0) is 12.1 Å². The van der Waals surface area contributed by atoms with Crippen molar-refractivity contribution in [2.24, 2.45) is 4.99 Å². The summed E-state index contributed by atoms with van der Waals surface area (Å²) in [6.45, 7) is 0.564. The minimum Gasteiger partial charge on any atom is -0.379 e. The lowest BCUT2D eigenvalue weighted by Crippen LogP contribution is -1.86. The van der Waals surface area contributed by atoms with Gasteiger partial charge in [0.15, 0.2) is 0 Å². The van der Waals surface area contributed by atoms with Crippen LogP contribution < -0.4 is 0 Å². The number of nitrogens with zero attached hydrogens (tertiary/aromatic N) is 1. The van der Waals surface area contributed by atoms with E-state index < -0.39 is 0 Å². The van der Waals surface area contributed by atoms with E-state index in [9.17, 15) is 0 Å². The minimum atomic E-state index is 0.564. The molecule has 11 heavy (non-hydrogen) atoms. The summed E-state index contributed by atoms with van der Waals surface area (Å²) in [6.07, 6.45) is 1.75. The number of benzene rings is 1. The van der Waals surface area contributed by atoms with Gasteiger partial charge in [0.05, 0.1) is 12.3 Å². The first-order valence-corrected chi connectivity index (χ1v) is 3.50. The molecule has 0 spiro atoms. The fraction of sp³-hybridized carbons (Fsp3) is 0.222. The summed E-state index contributed by atoms with van der Waals surface area (Å²) in [5.74, 6) is 0. The third-order valence-corrected chi connectivity index (χ3v) is 1.24. The lowest BCUT2D eigenvalue weighted by Gasteiger charge is -1.90. The fourth-order valence-corrected chi connectivity index (χ4v) is 0.731. The Hall–Kier alpha value is -1.15. The molecular weight excluding hydrogens is 138 g/mol. The molecule has 0 aliphatic heterocycles. The van der Waals surface area contributed by atoms with Gasteiger partial charge in [0.25, 0.3) is 0 Å². The van der Waals surface area contributed by atoms with Gasteiger partial charge in [0, 0.05) is 13.3 Å². The number of methoxy groups -OCH3 is 1. The van der Waals surface area contributed by atoms with E-state index in [1.807, 2.05) is 30.3 Å². The Kier molecular flexibility index (Phi) is 3.35. The Balaban J connectivity index is 2.50. The quantitative estimate of drug-likeness (QED) is 0.602. The molecule has 2 heteroatoms. The van der Waals surface area contributed by atoms with Crippen LogP contribution in [0.25, 0.3) is 0 Å². The highest BCUT2D eigenvalue weighted by Gasteiger charge is 1.81. The normalized spacial score (nSPS) is 10.6. The summed E-state index contributed by atoms with van der Waals surface area (Å²) in [5.41, 5.74) is 0.963. The Labute approximate surface area is 66.5 Å². The zero-order chi connectivity index (χ0) is 7.94. The van der Waals surface area contributed by atoms with E-state index in [0.717, 1.165) is 5.69 Å². The molecule has 0 atom stereocenters. The molecule has 1 aromatic rings. The topological polar surface area (TPSA) is 21.6 Å². The third kappa shape index (κ3) is 2.96. The highest BCUT2D eigenvalue weighted by Crippen LogP contribution is 2.07. The molecule has 0 saturated carbocycles. The zero-order valence-corrected chi connectivity index (χ0v) is 6.53. The second-order valence-electron chi connectivity index (χ2n) is 2.10. The van der Waals surface area contributed by atoms with E-state index in [-0.39, 0.29) is 0 Å². The highest BCUT2D eigenvalue weighted by atomic mass is 16.5. The van der Waals surface area contributed by atoms with Gasteiger partial charge < -0.3 is 4.74 Å². The number of aliphatic imine (C=N–C) groups is 1. The summed E-state index contributed by atoms with van der Waals surface area (Å²) in [7, 11) is 1.65. The van der Waals surface area contributed by atoms with Crippen molar-refractivity contribution < 1.29 is 4.74 Å². The van der Waals surface area contributed by atoms with Gasteiger partial charge in [-0.1, -0.05) is 18.2 Å². The number of hydrogen-bond acceptors (Lipinski definition) is 2. The number of para-hydroxylation sites is 1. The first-order chi connectivity index (χ1) is 5.43. The lowest BCUT2D eigenvalue weighted by atomic mass is 10.3. The van der Waals surface area contributed by atoms with E-state index in [1.165, 1.54) is 0 Å². The van der Waals surface area contributed by atoms with Crippen LogP contribution in [0.15, 0.2) is 35.3 Å². The zero-order valence-electron chi connectivity index (χ0n) is 6.53. The Morgan fingerprint density at radius 1 is 1.36 bits per heavy atom. The maximum atomic E-state index is 4.81. The average molecular weight is 149 g/mol. The summed E-state index contributed by atoms with van der Waals surface area (Å²) in [5, 5.41) is 0. The smallest absolute Gasteiger partial charge is 0.0815 e. The van der Waals surface area contributed by atoms with Crippen LogP contribution in [0.4, 0.5) is 5.69 Å². The molecular formula is C9H11NO. The SMILES string of the molecule is COCC=Nc1ccccc1. The van der Waals surface area contributed by atoms with Crippen molar-refractivity contribution >= 4 is 11.9 Å². The second-order valence-corrected chi connectivity index (χ2v) is 2.10. The van der Waals surface area contributed by atoms with Gasteiger partial charge in [-0.3, -0.25) is 4.99 Å². The first-order valence-electron chi connectivity index (χ1n) is 3.50. The van der Waals surface area contributed by atoms with Crippen molar-refractivity contribution in [3.05, 3.63) is 30.3 Å². The third-order valence-electron chi connectivity index (χ3n) is 1.24. The largest absolute Gasteiger partial charge is 0.379 e. The standard InChI is InChI=1S/C9H11NO/c1-11-8-7-10-9-5-3-2-4-6-9/h2-7H,8H2,1H3. The number of hydrogen-bond donors (Lipinski definition) is 0. The molecule has 0 saturated heterocycles. The van der Waals surface area contributed by atoms with Crippen LogP contribution in [0, 0.1) is 0 Å². The van der Waals surface area contributed by atoms with Gasteiger partial charge in [-0.2, -0.15) is 0 Å². The monoisotopic (exact) mass is 149 g/mol. The molecule has 0 N–H and O–H groups in total. The summed E-state index contributed by atoms with van der Waals surface area (Å²) < 4.78 is 4.81. The molecule has 0 aromatic heterocycles. The van der Waals surface area contributed by atoms with E-state index in [4.69, 9.17) is 4.74 Å². The summed E-state index contributed by atoms with van der Waals surface area (Å²) in [6, 6.07) is 9.78. The predicted molar refractivity (Wildman–Crippen MR) is 46.5 cm³/mol. The van der Waals surface area contributed by atoms with E-state index in [2.05, 4.69) is 4.99 Å². The van der Waals surface area contributed by atoms with Crippen LogP contribution in [0.1, 0.15) is 0 Å². The Bertz CT molecular complexity index is 218. The van der Waals surface area contributed by atoms with E-state index in [0.29, 0.717) is 6.61 Å². The van der Waals surface area contributed by atoms with Gasteiger partial charge in [-0.25, -0.2) is 0 Å². The molecule has 0 aliphatic rings. The van der Waals surface area contributed by atoms with Crippen LogP contribution in [-0.4, -0.2) is 19.9 Å². The van der Waals surface area contributed by atoms with Crippen LogP contribution in [0.2, 0.25) is 0 Å². The van der Waals surface area contributed by atoms with Crippen molar-refractivity contribution in [1.29, 1.82) is 0 Å². The molecule has 0 aliphatic carbocycles. The molecule has 0 unspecified atom stereocenters. The maximum Gasteiger partial charge on any atom is 0.0815 e. The molecule has 1 aromatic carbocycles. The van der Waals surface area contributed by atoms with Crippen molar-refractivity contribution in [2.45, 2.75) is 0 Å². The van der Waals surface area contributed by atoms with Crippen LogP contribution in [0.5, 0.6) is 0 Å². The number of rotatable bonds is 3. The summed E-state index contributed by atoms with van der Waals surface area (Å²) >= 11 is 0. The molecule has 0 fully saturated rings. The highest BCUT2D eigenvalue weighted by molar-refractivity contribution is 5.63. The fourth-order valence-electron chi connectivity index (χ4n) is 0.731.